The highest BCUT2D eigenvalue weighted by Crippen LogP contribution is 2.14. The van der Waals surface area contributed by atoms with Gasteiger partial charge in [0.05, 0.1) is 12.5 Å². The molecule has 6 heteroatoms. The van der Waals surface area contributed by atoms with E-state index in [9.17, 15) is 13.2 Å². The maximum Gasteiger partial charge on any atom is 0.411 e. The summed E-state index contributed by atoms with van der Waals surface area (Å²) >= 11 is 0. The number of nitriles is 1. The molecule has 1 aromatic rings. The normalized spacial score (nSPS) is 11.1. The molecular weight excluding hydrogens is 257 g/mol. The molecule has 104 valence electrons. The summed E-state index contributed by atoms with van der Waals surface area (Å²) in [4.78, 5) is 0. The number of ether oxygens (including phenoxy) is 1. The first-order chi connectivity index (χ1) is 9.01. The number of hydrogen-bond acceptors (Lipinski definition) is 3. The predicted molar refractivity (Wildman–Crippen MR) is 65.7 cm³/mol. The van der Waals surface area contributed by atoms with Crippen molar-refractivity contribution in [2.45, 2.75) is 19.0 Å². The van der Waals surface area contributed by atoms with Crippen molar-refractivity contribution in [2.24, 2.45) is 0 Å². The number of benzene rings is 1. The van der Waals surface area contributed by atoms with Crippen molar-refractivity contribution in [3.05, 3.63) is 29.8 Å². The van der Waals surface area contributed by atoms with E-state index in [0.29, 0.717) is 19.4 Å². The molecule has 0 unspecified atom stereocenters. The van der Waals surface area contributed by atoms with Gasteiger partial charge in [-0.3, -0.25) is 0 Å². The van der Waals surface area contributed by atoms with Crippen LogP contribution in [0.4, 0.5) is 18.9 Å². The van der Waals surface area contributed by atoms with Crippen molar-refractivity contribution in [1.29, 1.82) is 5.26 Å². The molecule has 0 aliphatic heterocycles. The van der Waals surface area contributed by atoms with Crippen LogP contribution in [0.25, 0.3) is 0 Å². The van der Waals surface area contributed by atoms with Gasteiger partial charge in [-0.15, -0.1) is 0 Å². The van der Waals surface area contributed by atoms with E-state index in [-0.39, 0.29) is 6.61 Å². The van der Waals surface area contributed by atoms with Crippen LogP contribution in [0, 0.1) is 11.3 Å². The molecule has 0 atom stereocenters. The number of alkyl halides is 3. The van der Waals surface area contributed by atoms with E-state index in [1.165, 1.54) is 0 Å². The maximum absolute atomic E-state index is 11.8. The molecule has 0 fully saturated rings. The second kappa shape index (κ2) is 7.64. The summed E-state index contributed by atoms with van der Waals surface area (Å²) in [5.41, 5.74) is 1.80. The number of hydrogen-bond donors (Lipinski definition) is 1. The molecule has 1 N–H and O–H groups in total. The molecule has 0 saturated heterocycles. The fourth-order valence-corrected chi connectivity index (χ4v) is 1.43. The Hall–Kier alpha value is -1.74. The topological polar surface area (TPSA) is 45.0 Å². The van der Waals surface area contributed by atoms with Crippen LogP contribution in [0.1, 0.15) is 12.0 Å². The Morgan fingerprint density at radius 3 is 2.47 bits per heavy atom. The van der Waals surface area contributed by atoms with Gasteiger partial charge in [0.1, 0.15) is 6.61 Å². The third kappa shape index (κ3) is 7.32. The number of rotatable bonds is 7. The molecule has 0 aliphatic rings. The van der Waals surface area contributed by atoms with E-state index in [1.54, 1.807) is 0 Å². The third-order valence-corrected chi connectivity index (χ3v) is 2.30. The van der Waals surface area contributed by atoms with E-state index in [0.717, 1.165) is 11.3 Å². The van der Waals surface area contributed by atoms with Gasteiger partial charge >= 0.3 is 6.18 Å². The van der Waals surface area contributed by atoms with Crippen LogP contribution in [0.5, 0.6) is 0 Å². The molecule has 0 heterocycles. The van der Waals surface area contributed by atoms with Gasteiger partial charge in [-0.1, -0.05) is 12.1 Å². The first-order valence-corrected chi connectivity index (χ1v) is 5.85. The minimum absolute atomic E-state index is 0.0685. The van der Waals surface area contributed by atoms with Gasteiger partial charge in [0.2, 0.25) is 0 Å². The zero-order valence-corrected chi connectivity index (χ0v) is 10.3. The zero-order chi connectivity index (χ0) is 14.1. The fraction of sp³-hybridized carbons (Fsp3) is 0.462. The largest absolute Gasteiger partial charge is 0.411 e. The van der Waals surface area contributed by atoms with Crippen LogP contribution in [0.15, 0.2) is 24.3 Å². The molecule has 0 bridgehead atoms. The van der Waals surface area contributed by atoms with E-state index >= 15 is 0 Å². The van der Waals surface area contributed by atoms with Gasteiger partial charge in [-0.2, -0.15) is 18.4 Å². The smallest absolute Gasteiger partial charge is 0.385 e. The Labute approximate surface area is 110 Å². The van der Waals surface area contributed by atoms with Crippen molar-refractivity contribution >= 4 is 5.69 Å². The van der Waals surface area contributed by atoms with Crippen molar-refractivity contribution < 1.29 is 17.9 Å². The van der Waals surface area contributed by atoms with Gasteiger partial charge in [0.25, 0.3) is 0 Å². The highest BCUT2D eigenvalue weighted by atomic mass is 19.4. The first-order valence-electron chi connectivity index (χ1n) is 5.85. The van der Waals surface area contributed by atoms with Crippen LogP contribution in [0.3, 0.4) is 0 Å². The van der Waals surface area contributed by atoms with E-state index < -0.39 is 12.8 Å². The quantitative estimate of drug-likeness (QED) is 0.776. The van der Waals surface area contributed by atoms with E-state index in [1.807, 2.05) is 24.3 Å². The Bertz CT molecular complexity index is 409. The summed E-state index contributed by atoms with van der Waals surface area (Å²) in [6, 6.07) is 9.40. The van der Waals surface area contributed by atoms with Crippen molar-refractivity contribution in [2.75, 3.05) is 25.1 Å². The zero-order valence-electron chi connectivity index (χ0n) is 10.3. The maximum atomic E-state index is 11.8. The van der Waals surface area contributed by atoms with Crippen LogP contribution in [0.2, 0.25) is 0 Å². The molecular formula is C13H15F3N2O. The van der Waals surface area contributed by atoms with Gasteiger partial charge in [-0.25, -0.2) is 0 Å². The van der Waals surface area contributed by atoms with Crippen LogP contribution in [-0.4, -0.2) is 25.9 Å². The molecule has 1 aromatic carbocycles. The lowest BCUT2D eigenvalue weighted by Crippen LogP contribution is -2.18. The molecule has 19 heavy (non-hydrogen) atoms. The molecule has 0 saturated carbocycles. The van der Waals surface area contributed by atoms with Crippen molar-refractivity contribution in [1.82, 2.24) is 0 Å². The van der Waals surface area contributed by atoms with Crippen molar-refractivity contribution in [3.63, 3.8) is 0 Å². The third-order valence-electron chi connectivity index (χ3n) is 2.30. The van der Waals surface area contributed by atoms with Gasteiger partial charge in [0, 0.05) is 18.8 Å². The Morgan fingerprint density at radius 1 is 1.21 bits per heavy atom. The van der Waals surface area contributed by atoms with E-state index in [4.69, 9.17) is 5.26 Å². The standard InChI is InChI=1S/C13H15F3N2O/c14-13(15,16)10-19-9-1-8-18-12-4-2-11(3-5-12)6-7-17/h2-5,18H,1,6,8-10H2. The van der Waals surface area contributed by atoms with Crippen molar-refractivity contribution in [3.8, 4) is 6.07 Å². The van der Waals surface area contributed by atoms with E-state index in [2.05, 4.69) is 16.1 Å². The monoisotopic (exact) mass is 272 g/mol. The second-order valence-electron chi connectivity index (χ2n) is 3.98. The number of nitrogens with one attached hydrogen (secondary N) is 1. The minimum Gasteiger partial charge on any atom is -0.385 e. The number of halogens is 3. The summed E-state index contributed by atoms with van der Waals surface area (Å²) < 4.78 is 39.8. The Kier molecular flexibility index (Phi) is 6.16. The second-order valence-corrected chi connectivity index (χ2v) is 3.98. The molecule has 0 amide bonds. The first kappa shape index (κ1) is 15.3. The van der Waals surface area contributed by atoms with Crippen LogP contribution >= 0.6 is 0 Å². The lowest BCUT2D eigenvalue weighted by Gasteiger charge is -2.09. The summed E-state index contributed by atoms with van der Waals surface area (Å²) in [5, 5.41) is 11.6. The predicted octanol–water partition coefficient (Wildman–Crippen LogP) is 3.13. The highest BCUT2D eigenvalue weighted by molar-refractivity contribution is 5.44. The SMILES string of the molecule is N#CCc1ccc(NCCCOCC(F)(F)F)cc1. The molecule has 3 nitrogen and oxygen atoms in total. The van der Waals surface area contributed by atoms with Gasteiger partial charge in [-0.05, 0) is 24.1 Å². The average molecular weight is 272 g/mol. The summed E-state index contributed by atoms with van der Waals surface area (Å²) in [6.07, 6.45) is -3.40. The lowest BCUT2D eigenvalue weighted by atomic mass is 10.1. The Balaban J connectivity index is 2.14. The lowest BCUT2D eigenvalue weighted by molar-refractivity contribution is -0.173. The van der Waals surface area contributed by atoms with Gasteiger partial charge < -0.3 is 10.1 Å². The average Bonchev–Trinajstić information content (AvgIpc) is 2.35. The fourth-order valence-electron chi connectivity index (χ4n) is 1.43. The van der Waals surface area contributed by atoms with Crippen LogP contribution < -0.4 is 5.32 Å². The molecule has 0 aliphatic carbocycles. The highest BCUT2D eigenvalue weighted by Gasteiger charge is 2.27. The summed E-state index contributed by atoms with van der Waals surface area (Å²) in [5.74, 6) is 0. The minimum atomic E-state index is -4.26. The molecule has 0 spiro atoms. The molecule has 0 aromatic heterocycles. The molecule has 1 rings (SSSR count). The Morgan fingerprint density at radius 2 is 1.89 bits per heavy atom. The van der Waals surface area contributed by atoms with Crippen LogP contribution in [-0.2, 0) is 11.2 Å². The van der Waals surface area contributed by atoms with Gasteiger partial charge in [0.15, 0.2) is 0 Å². The molecule has 0 radical (unpaired) electrons. The summed E-state index contributed by atoms with van der Waals surface area (Å²) in [7, 11) is 0. The number of nitrogens with zero attached hydrogens (tertiary/aromatic N) is 1. The summed E-state index contributed by atoms with van der Waals surface area (Å²) in [6.45, 7) is -0.593. The number of anilines is 1.